The fourth-order valence-electron chi connectivity index (χ4n) is 2.87. The van der Waals surface area contributed by atoms with Crippen LogP contribution in [0.1, 0.15) is 34.8 Å². The number of nitrogens with two attached hydrogens (primary N) is 1. The Morgan fingerprint density at radius 2 is 2.00 bits per heavy atom. The van der Waals surface area contributed by atoms with E-state index in [1.165, 1.54) is 11.8 Å². The van der Waals surface area contributed by atoms with Crippen LogP contribution in [0.25, 0.3) is 0 Å². The molecule has 1 atom stereocenters. The second-order valence-electron chi connectivity index (χ2n) is 6.84. The summed E-state index contributed by atoms with van der Waals surface area (Å²) in [5, 5.41) is 12.1. The number of ether oxygens (including phenoxy) is 1. The Balaban J connectivity index is 1.63. The molecule has 0 bridgehead atoms. The van der Waals surface area contributed by atoms with E-state index in [1.807, 2.05) is 26.0 Å². The third-order valence-electron chi connectivity index (χ3n) is 4.42. The van der Waals surface area contributed by atoms with Crippen LogP contribution in [0.15, 0.2) is 47.6 Å². The summed E-state index contributed by atoms with van der Waals surface area (Å²) in [6, 6.07) is 12.1. The van der Waals surface area contributed by atoms with Crippen LogP contribution >= 0.6 is 23.4 Å². The maximum atomic E-state index is 12.3. The number of hydrogen-bond donors (Lipinski definition) is 2. The van der Waals surface area contributed by atoms with Gasteiger partial charge in [-0.3, -0.25) is 9.59 Å². The van der Waals surface area contributed by atoms with Gasteiger partial charge in [0.05, 0.1) is 22.0 Å². The maximum Gasteiger partial charge on any atom is 0.250 e. The van der Waals surface area contributed by atoms with E-state index in [2.05, 4.69) is 15.5 Å². The van der Waals surface area contributed by atoms with E-state index in [0.29, 0.717) is 27.4 Å². The number of benzene rings is 2. The molecule has 1 heterocycles. The fraction of sp³-hybridized carbons (Fsp3) is 0.238. The Labute approximate surface area is 189 Å². The number of amides is 2. The van der Waals surface area contributed by atoms with Gasteiger partial charge in [0.2, 0.25) is 5.91 Å². The number of nitrogens with one attached hydrogen (secondary N) is 1. The van der Waals surface area contributed by atoms with Crippen LogP contribution < -0.4 is 15.8 Å². The first-order valence-electron chi connectivity index (χ1n) is 9.40. The number of rotatable bonds is 8. The van der Waals surface area contributed by atoms with Gasteiger partial charge in [-0.2, -0.15) is 0 Å². The monoisotopic (exact) mass is 459 g/mol. The molecule has 1 aromatic heterocycles. The van der Waals surface area contributed by atoms with Gasteiger partial charge in [-0.05, 0) is 43.7 Å². The minimum absolute atomic E-state index is 0.0814. The molecular formula is C21H22ClN5O3S. The third-order valence-corrected chi connectivity index (χ3v) is 5.75. The zero-order valence-electron chi connectivity index (χ0n) is 17.3. The molecule has 3 rings (SSSR count). The molecule has 10 heteroatoms. The molecule has 31 heavy (non-hydrogen) atoms. The first-order valence-corrected chi connectivity index (χ1v) is 10.8. The Morgan fingerprint density at radius 3 is 2.74 bits per heavy atom. The average molecular weight is 460 g/mol. The van der Waals surface area contributed by atoms with Crippen LogP contribution in [0.2, 0.25) is 5.02 Å². The highest BCUT2D eigenvalue weighted by atomic mass is 35.5. The number of anilines is 1. The molecule has 3 aromatic rings. The average Bonchev–Trinajstić information content (AvgIpc) is 3.10. The summed E-state index contributed by atoms with van der Waals surface area (Å²) < 4.78 is 7.73. The molecule has 1 unspecified atom stereocenters. The topological polar surface area (TPSA) is 112 Å². The van der Waals surface area contributed by atoms with Gasteiger partial charge in [-0.15, -0.1) is 10.2 Å². The summed E-state index contributed by atoms with van der Waals surface area (Å²) in [5.74, 6) is 0.347. The molecule has 0 fully saturated rings. The van der Waals surface area contributed by atoms with Crippen LogP contribution in [0.5, 0.6) is 5.75 Å². The van der Waals surface area contributed by atoms with Crippen LogP contribution in [0.3, 0.4) is 0 Å². The number of carbonyl (C=O) groups is 2. The number of aryl methyl sites for hydroxylation is 1. The Morgan fingerprint density at radius 1 is 1.26 bits per heavy atom. The third kappa shape index (κ3) is 5.56. The molecule has 162 valence electrons. The van der Waals surface area contributed by atoms with Gasteiger partial charge < -0.3 is 20.4 Å². The van der Waals surface area contributed by atoms with E-state index in [-0.39, 0.29) is 17.2 Å². The Bertz CT molecular complexity index is 1120. The predicted octanol–water partition coefficient (Wildman–Crippen LogP) is 3.75. The Kier molecular flexibility index (Phi) is 7.19. The van der Waals surface area contributed by atoms with Crippen LogP contribution in [-0.2, 0) is 11.8 Å². The van der Waals surface area contributed by atoms with Crippen LogP contribution in [-0.4, -0.2) is 32.3 Å². The molecule has 8 nitrogen and oxygen atoms in total. The summed E-state index contributed by atoms with van der Waals surface area (Å²) in [5.41, 5.74) is 7.00. The summed E-state index contributed by atoms with van der Waals surface area (Å²) >= 11 is 7.43. The quantitative estimate of drug-likeness (QED) is 0.496. The van der Waals surface area contributed by atoms with Gasteiger partial charge in [0, 0.05) is 7.05 Å². The number of thioether (sulfide) groups is 1. The van der Waals surface area contributed by atoms with E-state index in [4.69, 9.17) is 22.1 Å². The molecular weight excluding hydrogens is 438 g/mol. The molecule has 0 saturated carbocycles. The highest BCUT2D eigenvalue weighted by Crippen LogP contribution is 2.30. The summed E-state index contributed by atoms with van der Waals surface area (Å²) in [7, 11) is 1.80. The number of para-hydroxylation sites is 1. The van der Waals surface area contributed by atoms with Crippen LogP contribution in [0.4, 0.5) is 5.69 Å². The van der Waals surface area contributed by atoms with E-state index >= 15 is 0 Å². The minimum Gasteiger partial charge on any atom is -0.481 e. The molecule has 0 aliphatic carbocycles. The van der Waals surface area contributed by atoms with Crippen molar-refractivity contribution in [2.75, 3.05) is 11.1 Å². The van der Waals surface area contributed by atoms with Crippen molar-refractivity contribution in [2.45, 2.75) is 25.1 Å². The lowest BCUT2D eigenvalue weighted by Gasteiger charge is -2.15. The first-order chi connectivity index (χ1) is 14.8. The molecule has 2 aromatic carbocycles. The number of halogens is 1. The van der Waals surface area contributed by atoms with Crippen molar-refractivity contribution < 1.29 is 14.3 Å². The lowest BCUT2D eigenvalue weighted by molar-refractivity contribution is -0.113. The van der Waals surface area contributed by atoms with Gasteiger partial charge in [0.1, 0.15) is 5.75 Å². The number of primary amides is 1. The van der Waals surface area contributed by atoms with Gasteiger partial charge in [-0.25, -0.2) is 0 Å². The number of carbonyl (C=O) groups excluding carboxylic acids is 2. The zero-order chi connectivity index (χ0) is 22.5. The highest BCUT2D eigenvalue weighted by Gasteiger charge is 2.19. The molecule has 2 amide bonds. The van der Waals surface area contributed by atoms with Crippen molar-refractivity contribution in [3.8, 4) is 5.75 Å². The van der Waals surface area contributed by atoms with E-state index in [9.17, 15) is 9.59 Å². The highest BCUT2D eigenvalue weighted by molar-refractivity contribution is 7.99. The van der Waals surface area contributed by atoms with E-state index in [0.717, 1.165) is 5.56 Å². The van der Waals surface area contributed by atoms with Gasteiger partial charge >= 0.3 is 0 Å². The molecule has 0 saturated heterocycles. The lowest BCUT2D eigenvalue weighted by Crippen LogP contribution is -2.19. The molecule has 0 aliphatic rings. The largest absolute Gasteiger partial charge is 0.481 e. The maximum absolute atomic E-state index is 12.3. The van der Waals surface area contributed by atoms with Crippen molar-refractivity contribution in [1.29, 1.82) is 0 Å². The molecule has 0 radical (unpaired) electrons. The lowest BCUT2D eigenvalue weighted by atomic mass is 10.1. The first kappa shape index (κ1) is 22.6. The SMILES string of the molecule is Cc1ccc(Cl)c(OC(C)c2nnc(SCC(=O)Nc3ccccc3C(N)=O)n2C)c1. The summed E-state index contributed by atoms with van der Waals surface area (Å²) in [6.07, 6.45) is -0.401. The summed E-state index contributed by atoms with van der Waals surface area (Å²) in [6.45, 7) is 3.81. The van der Waals surface area contributed by atoms with Crippen molar-refractivity contribution in [3.05, 3.63) is 64.4 Å². The van der Waals surface area contributed by atoms with Gasteiger partial charge in [-0.1, -0.05) is 41.6 Å². The van der Waals surface area contributed by atoms with Crippen molar-refractivity contribution in [3.63, 3.8) is 0 Å². The predicted molar refractivity (Wildman–Crippen MR) is 121 cm³/mol. The molecule has 3 N–H and O–H groups in total. The van der Waals surface area contributed by atoms with Gasteiger partial charge in [0.15, 0.2) is 17.1 Å². The van der Waals surface area contributed by atoms with Crippen molar-refractivity contribution in [2.24, 2.45) is 12.8 Å². The van der Waals surface area contributed by atoms with Crippen molar-refractivity contribution in [1.82, 2.24) is 14.8 Å². The van der Waals surface area contributed by atoms with Crippen LogP contribution in [0, 0.1) is 6.92 Å². The standard InChI is InChI=1S/C21H22ClN5O3S/c1-12-8-9-15(22)17(10-12)30-13(2)20-25-26-21(27(20)3)31-11-18(28)24-16-7-5-4-6-14(16)19(23)29/h4-10,13H,11H2,1-3H3,(H2,23,29)(H,24,28). The smallest absolute Gasteiger partial charge is 0.250 e. The zero-order valence-corrected chi connectivity index (χ0v) is 18.8. The number of aromatic nitrogens is 3. The minimum atomic E-state index is -0.607. The summed E-state index contributed by atoms with van der Waals surface area (Å²) in [4.78, 5) is 23.8. The van der Waals surface area contributed by atoms with Gasteiger partial charge in [0.25, 0.3) is 5.91 Å². The second kappa shape index (κ2) is 9.84. The fourth-order valence-corrected chi connectivity index (χ4v) is 3.75. The number of nitrogens with zero attached hydrogens (tertiary/aromatic N) is 3. The Hall–Kier alpha value is -3.04. The van der Waals surface area contributed by atoms with E-state index < -0.39 is 12.0 Å². The van der Waals surface area contributed by atoms with E-state index in [1.54, 1.807) is 41.9 Å². The second-order valence-corrected chi connectivity index (χ2v) is 8.19. The molecule has 0 spiro atoms. The number of hydrogen-bond acceptors (Lipinski definition) is 6. The molecule has 0 aliphatic heterocycles. The normalized spacial score (nSPS) is 11.7. The van der Waals surface area contributed by atoms with Crippen molar-refractivity contribution >= 4 is 40.9 Å².